The molecule has 220 valence electrons. The summed E-state index contributed by atoms with van der Waals surface area (Å²) in [6.07, 6.45) is -1.83. The van der Waals surface area contributed by atoms with Crippen molar-refractivity contribution in [2.45, 2.75) is 49.8 Å². The second-order valence-corrected chi connectivity index (χ2v) is 12.4. The fourth-order valence-corrected chi connectivity index (χ4v) is 6.34. The van der Waals surface area contributed by atoms with E-state index in [-0.39, 0.29) is 36.1 Å². The molecule has 0 saturated carbocycles. The van der Waals surface area contributed by atoms with Gasteiger partial charge in [-0.15, -0.1) is 0 Å². The molecule has 0 aliphatic carbocycles. The molecule has 1 aliphatic heterocycles. The minimum atomic E-state index is -4.23. The number of benzene rings is 2. The van der Waals surface area contributed by atoms with Gasteiger partial charge in [0.15, 0.2) is 0 Å². The summed E-state index contributed by atoms with van der Waals surface area (Å²) in [4.78, 5) is 32.7. The van der Waals surface area contributed by atoms with Gasteiger partial charge in [-0.1, -0.05) is 44.2 Å². The number of hydrogen-bond donors (Lipinski definition) is 2. The molecule has 0 bridgehead atoms. The van der Waals surface area contributed by atoms with Crippen molar-refractivity contribution in [2.24, 2.45) is 5.92 Å². The molecule has 2 N–H and O–H groups in total. The number of non-ortho nitro benzene ring substituents is 1. The van der Waals surface area contributed by atoms with Gasteiger partial charge in [0, 0.05) is 31.6 Å². The number of rotatable bonds is 14. The van der Waals surface area contributed by atoms with E-state index in [9.17, 15) is 32.8 Å². The first-order chi connectivity index (χ1) is 19.0. The third-order valence-electron chi connectivity index (χ3n) is 6.10. The van der Waals surface area contributed by atoms with Gasteiger partial charge in [0.05, 0.1) is 29.1 Å². The topological polar surface area (TPSA) is 175 Å². The summed E-state index contributed by atoms with van der Waals surface area (Å²) in [6.45, 7) is 3.91. The van der Waals surface area contributed by atoms with Crippen molar-refractivity contribution in [2.75, 3.05) is 26.3 Å². The monoisotopic (exact) mass is 599 g/mol. The highest BCUT2D eigenvalue weighted by atomic mass is 32.2. The van der Waals surface area contributed by atoms with Crippen molar-refractivity contribution in [1.29, 1.82) is 0 Å². The molecule has 1 saturated heterocycles. The summed E-state index contributed by atoms with van der Waals surface area (Å²) < 4.78 is 56.3. The van der Waals surface area contributed by atoms with Gasteiger partial charge in [-0.2, -0.15) is 4.31 Å². The van der Waals surface area contributed by atoms with E-state index >= 15 is 0 Å². The SMILES string of the molecule is CC(C)CN(C[C@@H](O[PH](=O)O)[C@H](Cc1ccccc1)NC(=O)O[C@H]1CCOC1)S(=O)(=O)c1ccc([N+](=O)[O-])cc1. The molecule has 0 radical (unpaired) electrons. The fraction of sp³-hybridized carbons (Fsp3) is 0.480. The maximum Gasteiger partial charge on any atom is 0.407 e. The summed E-state index contributed by atoms with van der Waals surface area (Å²) in [5.41, 5.74) is 0.490. The Hall–Kier alpha value is -2.87. The summed E-state index contributed by atoms with van der Waals surface area (Å²) in [6, 6.07) is 12.4. The number of alkyl carbamates (subject to hydrolysis) is 1. The molecule has 1 fully saturated rings. The van der Waals surface area contributed by atoms with Gasteiger partial charge in [0.2, 0.25) is 10.0 Å². The Morgan fingerprint density at radius 3 is 2.42 bits per heavy atom. The molecule has 0 spiro atoms. The Morgan fingerprint density at radius 2 is 1.88 bits per heavy atom. The third kappa shape index (κ3) is 9.36. The molecule has 2 aromatic rings. The Labute approximate surface area is 233 Å². The molecule has 1 aliphatic rings. The van der Waals surface area contributed by atoms with Gasteiger partial charge in [-0.25, -0.2) is 13.2 Å². The second kappa shape index (κ2) is 14.7. The zero-order valence-corrected chi connectivity index (χ0v) is 24.0. The number of nitrogens with one attached hydrogen (secondary N) is 1. The standard InChI is InChI=1S/C25H34N3O10PS/c1-18(2)15-27(40(34,35)22-10-8-20(9-11-22)28(30)31)16-24(38-39(32)33)23(14-19-6-4-3-5-7-19)26-25(29)37-21-12-13-36-17-21/h3-11,18,21,23-24,39H,12-17H2,1-2H3,(H,26,29)(H,32,33)/t21-,23-,24+/m0/s1. The molecule has 1 unspecified atom stereocenters. The Balaban J connectivity index is 1.93. The van der Waals surface area contributed by atoms with Crippen molar-refractivity contribution < 1.29 is 41.6 Å². The van der Waals surface area contributed by atoms with Crippen LogP contribution >= 0.6 is 8.25 Å². The number of hydrogen-bond acceptors (Lipinski definition) is 9. The average Bonchev–Trinajstić information content (AvgIpc) is 3.40. The molecule has 1 amide bonds. The van der Waals surface area contributed by atoms with Crippen LogP contribution in [0.15, 0.2) is 59.5 Å². The Morgan fingerprint density at radius 1 is 1.20 bits per heavy atom. The van der Waals surface area contributed by atoms with Crippen LogP contribution in [0.1, 0.15) is 25.8 Å². The van der Waals surface area contributed by atoms with Crippen LogP contribution in [0.25, 0.3) is 0 Å². The lowest BCUT2D eigenvalue weighted by Crippen LogP contribution is -2.52. The molecule has 15 heteroatoms. The third-order valence-corrected chi connectivity index (χ3v) is 8.45. The average molecular weight is 600 g/mol. The quantitative estimate of drug-likeness (QED) is 0.186. The van der Waals surface area contributed by atoms with Crippen LogP contribution in [0.5, 0.6) is 0 Å². The van der Waals surface area contributed by atoms with Gasteiger partial charge < -0.3 is 24.2 Å². The largest absolute Gasteiger partial charge is 0.444 e. The summed E-state index contributed by atoms with van der Waals surface area (Å²) in [7, 11) is -7.81. The maximum atomic E-state index is 13.6. The van der Waals surface area contributed by atoms with E-state index in [1.165, 1.54) is 0 Å². The summed E-state index contributed by atoms with van der Waals surface area (Å²) >= 11 is 0. The molecule has 40 heavy (non-hydrogen) atoms. The van der Waals surface area contributed by atoms with E-state index in [4.69, 9.17) is 14.0 Å². The van der Waals surface area contributed by atoms with Gasteiger partial charge in [-0.3, -0.25) is 14.7 Å². The normalized spacial score (nSPS) is 17.9. The number of amides is 1. The molecule has 4 atom stereocenters. The van der Waals surface area contributed by atoms with Crippen LogP contribution in [-0.4, -0.2) is 73.2 Å². The molecule has 2 aromatic carbocycles. The van der Waals surface area contributed by atoms with Crippen LogP contribution in [0.4, 0.5) is 10.5 Å². The molecule has 0 aromatic heterocycles. The number of nitro groups is 1. The van der Waals surface area contributed by atoms with Crippen molar-refractivity contribution in [3.63, 3.8) is 0 Å². The highest BCUT2D eigenvalue weighted by Crippen LogP contribution is 2.26. The Bertz CT molecular complexity index is 1260. The Kier molecular flexibility index (Phi) is 11.6. The number of ether oxygens (including phenoxy) is 2. The first-order valence-electron chi connectivity index (χ1n) is 12.7. The lowest BCUT2D eigenvalue weighted by atomic mass is 10.0. The van der Waals surface area contributed by atoms with E-state index in [2.05, 4.69) is 5.32 Å². The lowest BCUT2D eigenvalue weighted by Gasteiger charge is -2.32. The number of carbonyl (C=O) groups excluding carboxylic acids is 1. The lowest BCUT2D eigenvalue weighted by molar-refractivity contribution is -0.384. The summed E-state index contributed by atoms with van der Waals surface area (Å²) in [5, 5.41) is 13.7. The first-order valence-corrected chi connectivity index (χ1v) is 15.4. The number of nitro benzene ring substituents is 1. The van der Waals surface area contributed by atoms with Gasteiger partial charge >= 0.3 is 14.3 Å². The minimum absolute atomic E-state index is 0.00740. The van der Waals surface area contributed by atoms with E-state index in [0.717, 1.165) is 34.1 Å². The van der Waals surface area contributed by atoms with Crippen molar-refractivity contribution in [3.8, 4) is 0 Å². The predicted molar refractivity (Wildman–Crippen MR) is 146 cm³/mol. The summed E-state index contributed by atoms with van der Waals surface area (Å²) in [5.74, 6) is -0.160. The van der Waals surface area contributed by atoms with Gasteiger partial charge in [-0.05, 0) is 30.0 Å². The van der Waals surface area contributed by atoms with Crippen LogP contribution in [0.3, 0.4) is 0 Å². The fourth-order valence-electron chi connectivity index (χ4n) is 4.23. The number of carbonyl (C=O) groups is 1. The van der Waals surface area contributed by atoms with Crippen LogP contribution in [0.2, 0.25) is 0 Å². The molecule has 1 heterocycles. The number of nitrogens with zero attached hydrogens (tertiary/aromatic N) is 2. The van der Waals surface area contributed by atoms with Crippen molar-refractivity contribution in [3.05, 3.63) is 70.3 Å². The van der Waals surface area contributed by atoms with Crippen molar-refractivity contribution >= 4 is 30.1 Å². The van der Waals surface area contributed by atoms with Crippen LogP contribution in [-0.2, 0) is 35.0 Å². The van der Waals surface area contributed by atoms with Gasteiger partial charge in [0.1, 0.15) is 12.2 Å². The smallest absolute Gasteiger partial charge is 0.407 e. The van der Waals surface area contributed by atoms with Gasteiger partial charge in [0.25, 0.3) is 5.69 Å². The van der Waals surface area contributed by atoms with E-state index < -0.39 is 54.1 Å². The first kappa shape index (κ1) is 31.7. The molecular weight excluding hydrogens is 565 g/mol. The van der Waals surface area contributed by atoms with Crippen LogP contribution in [0, 0.1) is 16.0 Å². The van der Waals surface area contributed by atoms with E-state index in [0.29, 0.717) is 13.0 Å². The molecule has 3 rings (SSSR count). The highest BCUT2D eigenvalue weighted by molar-refractivity contribution is 7.89. The van der Waals surface area contributed by atoms with Crippen LogP contribution < -0.4 is 5.32 Å². The minimum Gasteiger partial charge on any atom is -0.444 e. The van der Waals surface area contributed by atoms with Crippen molar-refractivity contribution in [1.82, 2.24) is 9.62 Å². The zero-order chi connectivity index (χ0) is 29.3. The highest BCUT2D eigenvalue weighted by Gasteiger charge is 2.35. The maximum absolute atomic E-state index is 13.6. The van der Waals surface area contributed by atoms with E-state index in [1.54, 1.807) is 38.1 Å². The second-order valence-electron chi connectivity index (χ2n) is 9.72. The zero-order valence-electron chi connectivity index (χ0n) is 22.2. The predicted octanol–water partition coefficient (Wildman–Crippen LogP) is 3.14. The molecule has 13 nitrogen and oxygen atoms in total. The molecular formula is C25H34N3O10PS. The van der Waals surface area contributed by atoms with E-state index in [1.807, 2.05) is 6.07 Å². The number of sulfonamides is 1.